The largest absolute Gasteiger partial charge is 0.369 e. The molecule has 0 aliphatic heterocycles. The van der Waals surface area contributed by atoms with Crippen LogP contribution in [0.3, 0.4) is 0 Å². The monoisotopic (exact) mass is 424 g/mol. The highest BCUT2D eigenvalue weighted by Crippen LogP contribution is 2.21. The van der Waals surface area contributed by atoms with Gasteiger partial charge in [0.05, 0.1) is 15.1 Å². The molecule has 23 heavy (non-hydrogen) atoms. The van der Waals surface area contributed by atoms with Crippen LogP contribution in [-0.4, -0.2) is 26.3 Å². The molecule has 1 aliphatic rings. The van der Waals surface area contributed by atoms with Crippen molar-refractivity contribution in [1.29, 1.82) is 0 Å². The molecule has 1 atom stereocenters. The van der Waals surface area contributed by atoms with Crippen LogP contribution < -0.4 is 21.2 Å². The van der Waals surface area contributed by atoms with Gasteiger partial charge in [0.25, 0.3) is 0 Å². The molecule has 2 N–H and O–H groups in total. The number of aromatic nitrogens is 4. The first-order valence-corrected chi connectivity index (χ1v) is 8.93. The molecule has 0 radical (unpaired) electrons. The van der Waals surface area contributed by atoms with Gasteiger partial charge in [-0.15, -0.1) is 0 Å². The van der Waals surface area contributed by atoms with Crippen molar-refractivity contribution in [2.24, 2.45) is 13.0 Å². The number of hydrogen-bond acceptors (Lipinski definition) is 5. The Labute approximate surface area is 149 Å². The number of hydrogen-bond donors (Lipinski definition) is 2. The number of halogens is 1. The number of aryl methyl sites for hydroxylation is 1. The van der Waals surface area contributed by atoms with Gasteiger partial charge in [0.1, 0.15) is 5.82 Å². The molecule has 3 rings (SSSR count). The first kappa shape index (κ1) is 16.2. The summed E-state index contributed by atoms with van der Waals surface area (Å²) in [6, 6.07) is 0. The summed E-state index contributed by atoms with van der Waals surface area (Å²) in [5, 5.41) is 13.4. The molecule has 0 saturated heterocycles. The van der Waals surface area contributed by atoms with Crippen LogP contribution in [0.2, 0.25) is 0 Å². The average Bonchev–Trinajstić information content (AvgIpc) is 2.92. The van der Waals surface area contributed by atoms with Crippen molar-refractivity contribution in [3.05, 3.63) is 26.5 Å². The molecule has 122 valence electrons. The lowest BCUT2D eigenvalue weighted by atomic mass is 9.98. The van der Waals surface area contributed by atoms with Gasteiger partial charge in [-0.2, -0.15) is 10.1 Å². The second-order valence-electron chi connectivity index (χ2n) is 5.77. The molecule has 1 aliphatic carbocycles. The minimum absolute atomic E-state index is 0.382. The molecule has 7 heteroatoms. The van der Waals surface area contributed by atoms with Gasteiger partial charge in [0.15, 0.2) is 0 Å². The second kappa shape index (κ2) is 6.86. The van der Waals surface area contributed by atoms with Gasteiger partial charge >= 0.3 is 0 Å². The summed E-state index contributed by atoms with van der Waals surface area (Å²) in [4.78, 5) is 9.06. The van der Waals surface area contributed by atoms with Gasteiger partial charge in [-0.3, -0.25) is 4.68 Å². The fourth-order valence-electron chi connectivity index (χ4n) is 2.69. The molecule has 1 unspecified atom stereocenters. The number of nitrogens with zero attached hydrogens (tertiary/aromatic N) is 4. The summed E-state index contributed by atoms with van der Waals surface area (Å²) < 4.78 is 2.94. The first-order chi connectivity index (χ1) is 11.1. The van der Waals surface area contributed by atoms with Gasteiger partial charge in [0.2, 0.25) is 5.95 Å². The van der Waals surface area contributed by atoms with Gasteiger partial charge < -0.3 is 10.6 Å². The van der Waals surface area contributed by atoms with Crippen molar-refractivity contribution in [2.75, 3.05) is 17.2 Å². The molecule has 2 aromatic rings. The SMILES string of the molecule is CCCNc1nc(NC2=c3c(cnn3C)=CCC2C)ncc1I. The summed E-state index contributed by atoms with van der Waals surface area (Å²) >= 11 is 2.25. The predicted octanol–water partition coefficient (Wildman–Crippen LogP) is 1.68. The summed E-state index contributed by atoms with van der Waals surface area (Å²) in [5.41, 5.74) is 1.13. The number of fused-ring (bicyclic) bond motifs is 1. The normalized spacial score (nSPS) is 16.7. The van der Waals surface area contributed by atoms with Crippen LogP contribution in [0.25, 0.3) is 11.8 Å². The molecule has 2 heterocycles. The van der Waals surface area contributed by atoms with Gasteiger partial charge in [-0.1, -0.05) is 19.9 Å². The minimum Gasteiger partial charge on any atom is -0.369 e. The van der Waals surface area contributed by atoms with Crippen molar-refractivity contribution in [3.8, 4) is 0 Å². The smallest absolute Gasteiger partial charge is 0.229 e. The van der Waals surface area contributed by atoms with Crippen LogP contribution in [-0.2, 0) is 7.05 Å². The van der Waals surface area contributed by atoms with Crippen molar-refractivity contribution in [2.45, 2.75) is 26.7 Å². The Kier molecular flexibility index (Phi) is 4.84. The highest BCUT2D eigenvalue weighted by molar-refractivity contribution is 14.1. The van der Waals surface area contributed by atoms with Gasteiger partial charge in [0, 0.05) is 36.6 Å². The molecular formula is C16H21IN6. The first-order valence-electron chi connectivity index (χ1n) is 7.86. The summed E-state index contributed by atoms with van der Waals surface area (Å²) in [7, 11) is 1.97. The molecule has 0 bridgehead atoms. The van der Waals surface area contributed by atoms with E-state index in [-0.39, 0.29) is 0 Å². The standard InChI is InChI=1S/C16H21IN6/c1-4-7-18-15-12(17)9-19-16(22-15)21-13-10(2)5-6-11-8-20-23(3)14(11)13/h6,8-10H,4-5,7H2,1-3H3,(H2,18,19,21,22). The fourth-order valence-corrected chi connectivity index (χ4v) is 3.14. The third-order valence-corrected chi connectivity index (χ3v) is 4.73. The summed E-state index contributed by atoms with van der Waals surface area (Å²) in [6.45, 7) is 5.25. The van der Waals surface area contributed by atoms with E-state index in [4.69, 9.17) is 0 Å². The Hall–Kier alpha value is -1.64. The molecular weight excluding hydrogens is 403 g/mol. The zero-order valence-electron chi connectivity index (χ0n) is 13.6. The van der Waals surface area contributed by atoms with E-state index in [1.54, 1.807) is 0 Å². The number of nitrogens with one attached hydrogen (secondary N) is 2. The van der Waals surface area contributed by atoms with E-state index in [2.05, 4.69) is 68.2 Å². The summed E-state index contributed by atoms with van der Waals surface area (Å²) in [5.74, 6) is 1.89. The zero-order chi connectivity index (χ0) is 16.4. The lowest BCUT2D eigenvalue weighted by Gasteiger charge is -2.19. The predicted molar refractivity (Wildman–Crippen MR) is 101 cm³/mol. The average molecular weight is 424 g/mol. The highest BCUT2D eigenvalue weighted by Gasteiger charge is 2.17. The Balaban J connectivity index is 1.98. The topological polar surface area (TPSA) is 67.7 Å². The molecule has 0 spiro atoms. The van der Waals surface area contributed by atoms with Crippen LogP contribution in [0.1, 0.15) is 26.7 Å². The molecule has 0 saturated carbocycles. The van der Waals surface area contributed by atoms with E-state index in [1.807, 2.05) is 24.1 Å². The Bertz CT molecular complexity index is 826. The van der Waals surface area contributed by atoms with Crippen molar-refractivity contribution < 1.29 is 0 Å². The maximum atomic E-state index is 4.62. The van der Waals surface area contributed by atoms with E-state index in [1.165, 1.54) is 5.22 Å². The van der Waals surface area contributed by atoms with Crippen LogP contribution in [0, 0.1) is 9.49 Å². The van der Waals surface area contributed by atoms with Crippen molar-refractivity contribution >= 4 is 46.1 Å². The zero-order valence-corrected chi connectivity index (χ0v) is 15.8. The third kappa shape index (κ3) is 3.34. The second-order valence-corrected chi connectivity index (χ2v) is 6.93. The minimum atomic E-state index is 0.382. The number of rotatable bonds is 5. The quantitative estimate of drug-likeness (QED) is 0.716. The Morgan fingerprint density at radius 2 is 2.22 bits per heavy atom. The molecule has 0 amide bonds. The molecule has 0 fully saturated rings. The van der Waals surface area contributed by atoms with Crippen LogP contribution in [0.5, 0.6) is 0 Å². The van der Waals surface area contributed by atoms with E-state index in [0.717, 1.165) is 39.8 Å². The van der Waals surface area contributed by atoms with E-state index in [9.17, 15) is 0 Å². The molecule has 2 aromatic heterocycles. The van der Waals surface area contributed by atoms with Gasteiger partial charge in [-0.05, 0) is 35.4 Å². The van der Waals surface area contributed by atoms with Crippen LogP contribution in [0.15, 0.2) is 12.4 Å². The van der Waals surface area contributed by atoms with E-state index < -0.39 is 0 Å². The van der Waals surface area contributed by atoms with Crippen LogP contribution in [0.4, 0.5) is 11.8 Å². The summed E-state index contributed by atoms with van der Waals surface area (Å²) in [6.07, 6.45) is 8.04. The Morgan fingerprint density at radius 1 is 1.39 bits per heavy atom. The molecule has 6 nitrogen and oxygen atoms in total. The maximum absolute atomic E-state index is 4.62. The van der Waals surface area contributed by atoms with Crippen molar-refractivity contribution in [3.63, 3.8) is 0 Å². The lowest BCUT2D eigenvalue weighted by molar-refractivity contribution is 0.706. The van der Waals surface area contributed by atoms with Crippen LogP contribution >= 0.6 is 22.6 Å². The van der Waals surface area contributed by atoms with E-state index >= 15 is 0 Å². The molecule has 0 aromatic carbocycles. The van der Waals surface area contributed by atoms with Crippen molar-refractivity contribution in [1.82, 2.24) is 19.7 Å². The highest BCUT2D eigenvalue weighted by atomic mass is 127. The Morgan fingerprint density at radius 3 is 3.00 bits per heavy atom. The third-order valence-electron chi connectivity index (χ3n) is 3.94. The lowest BCUT2D eigenvalue weighted by Crippen LogP contribution is -2.37. The maximum Gasteiger partial charge on any atom is 0.229 e. The number of anilines is 2. The van der Waals surface area contributed by atoms with E-state index in [0.29, 0.717) is 11.9 Å². The van der Waals surface area contributed by atoms with Gasteiger partial charge in [-0.25, -0.2) is 4.98 Å². The fraction of sp³-hybridized carbons (Fsp3) is 0.438.